The van der Waals surface area contributed by atoms with Crippen LogP contribution in [0.25, 0.3) is 11.0 Å². The molecule has 2 aliphatic rings. The van der Waals surface area contributed by atoms with Crippen LogP contribution in [0.3, 0.4) is 0 Å². The number of carbonyl (C=O) groups is 1. The minimum Gasteiger partial charge on any atom is -0.481 e. The molecule has 1 saturated heterocycles. The van der Waals surface area contributed by atoms with E-state index in [9.17, 15) is 14.7 Å². The summed E-state index contributed by atoms with van der Waals surface area (Å²) in [5.41, 5.74) is 1.72. The second-order valence-electron chi connectivity index (χ2n) is 10.3. The second kappa shape index (κ2) is 9.56. The molecule has 2 heterocycles. The standard InChI is InChI=1S/C29H32ClNO5/c1-17-18(2)28(33)36-25-16-22(11-12-23(17)25)35-19(3)27(32)31-15-14-29(34)13-5-4-6-24(29)26(31)20-7-9-21(30)10-8-20/h7-12,16,19,24,26,34H,4-6,13-15H2,1-3H3/t19-,24-,26+,29+/m1/s1. The lowest BCUT2D eigenvalue weighted by Crippen LogP contribution is -2.58. The highest BCUT2D eigenvalue weighted by Crippen LogP contribution is 2.49. The fraction of sp³-hybridized carbons (Fsp3) is 0.448. The van der Waals surface area contributed by atoms with E-state index in [1.165, 1.54) is 0 Å². The van der Waals surface area contributed by atoms with Crippen molar-refractivity contribution in [1.82, 2.24) is 4.90 Å². The van der Waals surface area contributed by atoms with Gasteiger partial charge >= 0.3 is 5.63 Å². The maximum Gasteiger partial charge on any atom is 0.339 e. The van der Waals surface area contributed by atoms with Crippen LogP contribution in [-0.4, -0.2) is 34.2 Å². The third kappa shape index (κ3) is 4.41. The maximum atomic E-state index is 13.8. The number of hydrogen-bond acceptors (Lipinski definition) is 5. The number of ether oxygens (including phenoxy) is 1. The van der Waals surface area contributed by atoms with E-state index >= 15 is 0 Å². The fourth-order valence-electron chi connectivity index (χ4n) is 5.99. The van der Waals surface area contributed by atoms with Gasteiger partial charge in [-0.25, -0.2) is 4.79 Å². The first-order valence-electron chi connectivity index (χ1n) is 12.7. The van der Waals surface area contributed by atoms with Crippen LogP contribution >= 0.6 is 11.6 Å². The molecule has 6 nitrogen and oxygen atoms in total. The average Bonchev–Trinajstić information content (AvgIpc) is 2.86. The summed E-state index contributed by atoms with van der Waals surface area (Å²) in [4.78, 5) is 27.8. The fourth-order valence-corrected chi connectivity index (χ4v) is 6.12. The Morgan fingerprint density at radius 2 is 1.89 bits per heavy atom. The Hall–Kier alpha value is -2.83. The number of hydrogen-bond donors (Lipinski definition) is 1. The number of piperidine rings is 1. The van der Waals surface area contributed by atoms with Gasteiger partial charge in [-0.2, -0.15) is 0 Å². The lowest BCUT2D eigenvalue weighted by atomic mass is 9.66. The number of likely N-dealkylation sites (tertiary alicyclic amines) is 1. The van der Waals surface area contributed by atoms with Crippen molar-refractivity contribution < 1.29 is 19.1 Å². The van der Waals surface area contributed by atoms with Crippen LogP contribution < -0.4 is 10.4 Å². The van der Waals surface area contributed by atoms with Crippen molar-refractivity contribution in [3.63, 3.8) is 0 Å². The minimum absolute atomic E-state index is 0.0431. The summed E-state index contributed by atoms with van der Waals surface area (Å²) in [6, 6.07) is 12.6. The molecule has 5 rings (SSSR count). The van der Waals surface area contributed by atoms with E-state index in [4.69, 9.17) is 20.8 Å². The Balaban J connectivity index is 1.43. The molecule has 0 spiro atoms. The predicted molar refractivity (Wildman–Crippen MR) is 139 cm³/mol. The zero-order valence-electron chi connectivity index (χ0n) is 20.9. The van der Waals surface area contributed by atoms with Crippen LogP contribution in [0.2, 0.25) is 5.02 Å². The first-order chi connectivity index (χ1) is 17.2. The molecule has 0 bridgehead atoms. The van der Waals surface area contributed by atoms with Crippen LogP contribution in [0.5, 0.6) is 5.75 Å². The van der Waals surface area contributed by atoms with E-state index in [1.807, 2.05) is 42.2 Å². The molecule has 1 aliphatic heterocycles. The quantitative estimate of drug-likeness (QED) is 0.454. The number of nitrogens with zero attached hydrogens (tertiary/aromatic N) is 1. The molecule has 0 radical (unpaired) electrons. The predicted octanol–water partition coefficient (Wildman–Crippen LogP) is 5.73. The number of amides is 1. The summed E-state index contributed by atoms with van der Waals surface area (Å²) in [6.45, 7) is 5.83. The van der Waals surface area contributed by atoms with Crippen molar-refractivity contribution in [2.45, 2.75) is 70.6 Å². The van der Waals surface area contributed by atoms with Gasteiger partial charge in [-0.3, -0.25) is 4.79 Å². The largest absolute Gasteiger partial charge is 0.481 e. The topological polar surface area (TPSA) is 80.0 Å². The molecular formula is C29H32ClNO5. The van der Waals surface area contributed by atoms with Crippen LogP contribution in [0.4, 0.5) is 0 Å². The van der Waals surface area contributed by atoms with E-state index in [0.717, 1.165) is 42.2 Å². The van der Waals surface area contributed by atoms with Crippen LogP contribution in [0.15, 0.2) is 51.7 Å². The first kappa shape index (κ1) is 24.8. The van der Waals surface area contributed by atoms with Gasteiger partial charge in [-0.1, -0.05) is 36.6 Å². The summed E-state index contributed by atoms with van der Waals surface area (Å²) in [5, 5.41) is 13.0. The van der Waals surface area contributed by atoms with Crippen molar-refractivity contribution in [1.29, 1.82) is 0 Å². The monoisotopic (exact) mass is 509 g/mol. The Labute approximate surface area is 215 Å². The number of fused-ring (bicyclic) bond motifs is 2. The van der Waals surface area contributed by atoms with Crippen LogP contribution in [0.1, 0.15) is 61.8 Å². The first-order valence-corrected chi connectivity index (χ1v) is 13.0. The minimum atomic E-state index is -0.769. The molecule has 3 aromatic rings. The van der Waals surface area contributed by atoms with Gasteiger partial charge in [0.15, 0.2) is 6.10 Å². The number of halogens is 1. The van der Waals surface area contributed by atoms with Gasteiger partial charge < -0.3 is 19.2 Å². The van der Waals surface area contributed by atoms with E-state index in [-0.39, 0.29) is 23.5 Å². The molecule has 0 unspecified atom stereocenters. The molecule has 7 heteroatoms. The van der Waals surface area contributed by atoms with Crippen molar-refractivity contribution in [3.05, 3.63) is 74.6 Å². The number of rotatable bonds is 4. The van der Waals surface area contributed by atoms with E-state index in [0.29, 0.717) is 34.9 Å². The molecule has 2 fully saturated rings. The average molecular weight is 510 g/mol. The highest BCUT2D eigenvalue weighted by molar-refractivity contribution is 6.30. The van der Waals surface area contributed by atoms with Gasteiger partial charge in [0.1, 0.15) is 11.3 Å². The number of aryl methyl sites for hydroxylation is 1. The summed E-state index contributed by atoms with van der Waals surface area (Å²) in [6.07, 6.45) is 3.46. The van der Waals surface area contributed by atoms with E-state index < -0.39 is 11.7 Å². The van der Waals surface area contributed by atoms with Gasteiger partial charge in [0.25, 0.3) is 5.91 Å². The molecule has 190 valence electrons. The lowest BCUT2D eigenvalue weighted by molar-refractivity contribution is -0.161. The van der Waals surface area contributed by atoms with Crippen LogP contribution in [0, 0.1) is 19.8 Å². The Morgan fingerprint density at radius 3 is 2.64 bits per heavy atom. The summed E-state index contributed by atoms with van der Waals surface area (Å²) >= 11 is 6.15. The van der Waals surface area contributed by atoms with Crippen molar-refractivity contribution in [2.75, 3.05) is 6.54 Å². The SMILES string of the molecule is Cc1c(C)c2ccc(O[C@H](C)C(=O)N3CC[C@@]4(O)CCCC[C@@H]4[C@@H]3c3ccc(Cl)cc3)cc2oc1=O. The second-order valence-corrected chi connectivity index (χ2v) is 10.7. The van der Waals surface area contributed by atoms with Gasteiger partial charge in [-0.15, -0.1) is 0 Å². The Kier molecular flexibility index (Phi) is 6.60. The summed E-state index contributed by atoms with van der Waals surface area (Å²) in [7, 11) is 0. The van der Waals surface area contributed by atoms with Gasteiger partial charge in [0.05, 0.1) is 11.6 Å². The molecule has 1 saturated carbocycles. The molecule has 4 atom stereocenters. The zero-order valence-corrected chi connectivity index (χ0v) is 21.7. The molecule has 1 aromatic heterocycles. The molecule has 1 N–H and O–H groups in total. The van der Waals surface area contributed by atoms with E-state index in [2.05, 4.69) is 0 Å². The molecule has 1 amide bonds. The lowest BCUT2D eigenvalue weighted by Gasteiger charge is -2.53. The van der Waals surface area contributed by atoms with Crippen molar-refractivity contribution in [3.8, 4) is 5.75 Å². The highest BCUT2D eigenvalue weighted by Gasteiger charge is 2.50. The number of aliphatic hydroxyl groups is 1. The smallest absolute Gasteiger partial charge is 0.339 e. The third-order valence-corrected chi connectivity index (χ3v) is 8.40. The van der Waals surface area contributed by atoms with Crippen molar-refractivity contribution in [2.24, 2.45) is 5.92 Å². The molecule has 36 heavy (non-hydrogen) atoms. The maximum absolute atomic E-state index is 13.8. The number of benzene rings is 2. The van der Waals surface area contributed by atoms with Gasteiger partial charge in [-0.05, 0) is 75.4 Å². The Bertz CT molecular complexity index is 1350. The molecule has 2 aromatic carbocycles. The van der Waals surface area contributed by atoms with Crippen LogP contribution in [-0.2, 0) is 4.79 Å². The molecular weight excluding hydrogens is 478 g/mol. The zero-order chi connectivity index (χ0) is 25.6. The molecule has 1 aliphatic carbocycles. The Morgan fingerprint density at radius 1 is 1.14 bits per heavy atom. The highest BCUT2D eigenvalue weighted by atomic mass is 35.5. The van der Waals surface area contributed by atoms with Gasteiger partial charge in [0.2, 0.25) is 0 Å². The third-order valence-electron chi connectivity index (χ3n) is 8.15. The van der Waals surface area contributed by atoms with Gasteiger partial charge in [0, 0.05) is 34.5 Å². The van der Waals surface area contributed by atoms with Crippen molar-refractivity contribution >= 4 is 28.5 Å². The summed E-state index contributed by atoms with van der Waals surface area (Å²) in [5.74, 6) is 0.284. The number of carbonyl (C=O) groups excluding carboxylic acids is 1. The summed E-state index contributed by atoms with van der Waals surface area (Å²) < 4.78 is 11.5. The van der Waals surface area contributed by atoms with E-state index in [1.54, 1.807) is 26.0 Å². The normalized spacial score (nSPS) is 24.9.